The maximum absolute atomic E-state index is 4.02. The second-order valence-electron chi connectivity index (χ2n) is 2.46. The van der Waals surface area contributed by atoms with Crippen molar-refractivity contribution in [3.05, 3.63) is 25.2 Å². The minimum absolute atomic E-state index is 0. The van der Waals surface area contributed by atoms with Crippen LogP contribution >= 0.6 is 0 Å². The summed E-state index contributed by atoms with van der Waals surface area (Å²) in [5.41, 5.74) is 0. The fraction of sp³-hybridized carbons (Fsp3) is 0.375. The van der Waals surface area contributed by atoms with Crippen LogP contribution in [0.5, 0.6) is 0 Å². The molecule has 0 bridgehead atoms. The molecule has 0 aromatic carbocycles. The first-order valence-electron chi connectivity index (χ1n) is 3.56. The molecule has 0 aromatic rings. The van der Waals surface area contributed by atoms with Crippen LogP contribution in [0.1, 0.15) is 13.3 Å². The summed E-state index contributed by atoms with van der Waals surface area (Å²) in [6.07, 6.45) is 8.79. The third kappa shape index (κ3) is 2.27. The van der Waals surface area contributed by atoms with Gasteiger partial charge in [0.1, 0.15) is 6.20 Å². The number of halogens is 1. The van der Waals surface area contributed by atoms with E-state index >= 15 is 0 Å². The van der Waals surface area contributed by atoms with Crippen LogP contribution in [0.15, 0.2) is 30.2 Å². The summed E-state index contributed by atoms with van der Waals surface area (Å²) < 4.78 is 0.705. The quantitative estimate of drug-likeness (QED) is 0.531. The highest BCUT2D eigenvalue weighted by atomic mass is 79.9. The Morgan fingerprint density at radius 1 is 1.64 bits per heavy atom. The molecular formula is C8H13BrN2. The SMILES string of the molecule is C=C[N+]1(CCC)C=CN=C1.[Br-]. The van der Waals surface area contributed by atoms with Gasteiger partial charge in [-0.2, -0.15) is 0 Å². The van der Waals surface area contributed by atoms with Crippen LogP contribution in [0.3, 0.4) is 0 Å². The summed E-state index contributed by atoms with van der Waals surface area (Å²) in [4.78, 5) is 4.02. The number of hydrogen-bond donors (Lipinski definition) is 0. The lowest BCUT2D eigenvalue weighted by Gasteiger charge is -2.20. The summed E-state index contributed by atoms with van der Waals surface area (Å²) in [6.45, 7) is 6.98. The molecule has 0 N–H and O–H groups in total. The summed E-state index contributed by atoms with van der Waals surface area (Å²) in [5, 5.41) is 0. The zero-order chi connectivity index (χ0) is 7.45. The van der Waals surface area contributed by atoms with Crippen LogP contribution in [0.2, 0.25) is 0 Å². The number of quaternary nitrogens is 1. The molecule has 0 aromatic heterocycles. The van der Waals surface area contributed by atoms with Crippen molar-refractivity contribution in [1.82, 2.24) is 0 Å². The van der Waals surface area contributed by atoms with Crippen LogP contribution < -0.4 is 17.0 Å². The Kier molecular flexibility index (Phi) is 4.30. The number of aliphatic imine (C=N–C) groups is 1. The number of rotatable bonds is 3. The van der Waals surface area contributed by atoms with Gasteiger partial charge in [-0.15, -0.1) is 0 Å². The maximum Gasteiger partial charge on any atom is 0.199 e. The second kappa shape index (κ2) is 4.46. The predicted octanol–water partition coefficient (Wildman–Crippen LogP) is -1.13. The third-order valence-electron chi connectivity index (χ3n) is 1.66. The van der Waals surface area contributed by atoms with Crippen molar-refractivity contribution >= 4 is 6.34 Å². The summed E-state index contributed by atoms with van der Waals surface area (Å²) in [5.74, 6) is 0. The Hall–Kier alpha value is -0.410. The van der Waals surface area contributed by atoms with Gasteiger partial charge in [0.15, 0.2) is 6.34 Å². The lowest BCUT2D eigenvalue weighted by molar-refractivity contribution is -0.721. The molecule has 0 radical (unpaired) electrons. The Bertz CT molecular complexity index is 173. The number of hydrogen-bond acceptors (Lipinski definition) is 1. The summed E-state index contributed by atoms with van der Waals surface area (Å²) in [6, 6.07) is 0. The molecular weight excluding hydrogens is 204 g/mol. The van der Waals surface area contributed by atoms with E-state index in [4.69, 9.17) is 0 Å². The van der Waals surface area contributed by atoms with Gasteiger partial charge >= 0.3 is 0 Å². The lowest BCUT2D eigenvalue weighted by atomic mass is 10.4. The predicted molar refractivity (Wildman–Crippen MR) is 43.2 cm³/mol. The molecule has 11 heavy (non-hydrogen) atoms. The monoisotopic (exact) mass is 216 g/mol. The first kappa shape index (κ1) is 10.6. The van der Waals surface area contributed by atoms with Crippen LogP contribution in [-0.4, -0.2) is 17.4 Å². The van der Waals surface area contributed by atoms with Crippen molar-refractivity contribution in [2.45, 2.75) is 13.3 Å². The molecule has 0 aliphatic carbocycles. The van der Waals surface area contributed by atoms with Gasteiger partial charge in [-0.05, 0) is 13.0 Å². The zero-order valence-corrected chi connectivity index (χ0v) is 8.29. The van der Waals surface area contributed by atoms with Gasteiger partial charge in [-0.3, -0.25) is 0 Å². The van der Waals surface area contributed by atoms with Gasteiger partial charge in [-0.1, -0.05) is 6.92 Å². The highest BCUT2D eigenvalue weighted by molar-refractivity contribution is 5.51. The molecule has 1 atom stereocenters. The highest BCUT2D eigenvalue weighted by Crippen LogP contribution is 2.11. The van der Waals surface area contributed by atoms with Crippen LogP contribution in [0, 0.1) is 0 Å². The first-order chi connectivity index (χ1) is 4.83. The van der Waals surface area contributed by atoms with E-state index in [9.17, 15) is 0 Å². The van der Waals surface area contributed by atoms with Gasteiger partial charge < -0.3 is 17.0 Å². The average Bonchev–Trinajstić information content (AvgIpc) is 2.39. The molecule has 0 saturated carbocycles. The molecule has 1 rings (SSSR count). The average molecular weight is 217 g/mol. The van der Waals surface area contributed by atoms with Crippen molar-refractivity contribution in [2.24, 2.45) is 4.99 Å². The largest absolute Gasteiger partial charge is 1.00 e. The third-order valence-corrected chi connectivity index (χ3v) is 1.66. The van der Waals surface area contributed by atoms with E-state index in [1.807, 2.05) is 24.9 Å². The van der Waals surface area contributed by atoms with E-state index in [1.165, 1.54) is 0 Å². The molecule has 0 saturated heterocycles. The number of nitrogens with zero attached hydrogens (tertiary/aromatic N) is 2. The van der Waals surface area contributed by atoms with Crippen LogP contribution in [0.4, 0.5) is 0 Å². The summed E-state index contributed by atoms with van der Waals surface area (Å²) in [7, 11) is 0. The lowest BCUT2D eigenvalue weighted by Crippen LogP contribution is -3.00. The van der Waals surface area contributed by atoms with Gasteiger partial charge in [0.05, 0.1) is 18.9 Å². The molecule has 1 heterocycles. The van der Waals surface area contributed by atoms with E-state index < -0.39 is 0 Å². The maximum atomic E-state index is 4.02. The van der Waals surface area contributed by atoms with Crippen LogP contribution in [0.25, 0.3) is 0 Å². The molecule has 1 aliphatic rings. The molecule has 0 spiro atoms. The Labute approximate surface area is 78.3 Å². The van der Waals surface area contributed by atoms with E-state index in [-0.39, 0.29) is 17.0 Å². The van der Waals surface area contributed by atoms with Crippen molar-refractivity contribution < 1.29 is 21.5 Å². The van der Waals surface area contributed by atoms with Crippen molar-refractivity contribution in [2.75, 3.05) is 6.54 Å². The fourth-order valence-corrected chi connectivity index (χ4v) is 1.08. The standard InChI is InChI=1S/C8H13N2.BrH/c1-3-6-10(4-2)7-5-9-8-10;/h4-5,7-8H,2-3,6H2,1H3;1H/q+1;/p-1. The van der Waals surface area contributed by atoms with Crippen molar-refractivity contribution in [3.8, 4) is 0 Å². The van der Waals surface area contributed by atoms with Gasteiger partial charge in [0, 0.05) is 0 Å². The van der Waals surface area contributed by atoms with E-state index in [2.05, 4.69) is 18.5 Å². The van der Waals surface area contributed by atoms with E-state index in [0.717, 1.165) is 13.0 Å². The zero-order valence-electron chi connectivity index (χ0n) is 6.70. The second-order valence-corrected chi connectivity index (χ2v) is 2.46. The highest BCUT2D eigenvalue weighted by Gasteiger charge is 2.20. The minimum atomic E-state index is 0. The molecule has 0 fully saturated rings. The Morgan fingerprint density at radius 2 is 2.36 bits per heavy atom. The molecule has 1 unspecified atom stereocenters. The van der Waals surface area contributed by atoms with E-state index in [1.54, 1.807) is 0 Å². The smallest absolute Gasteiger partial charge is 0.199 e. The Morgan fingerprint density at radius 3 is 2.73 bits per heavy atom. The fourth-order valence-electron chi connectivity index (χ4n) is 1.08. The topological polar surface area (TPSA) is 12.4 Å². The van der Waals surface area contributed by atoms with Crippen molar-refractivity contribution in [3.63, 3.8) is 0 Å². The van der Waals surface area contributed by atoms with Crippen molar-refractivity contribution in [1.29, 1.82) is 0 Å². The molecule has 0 amide bonds. The van der Waals surface area contributed by atoms with Crippen LogP contribution in [-0.2, 0) is 0 Å². The first-order valence-corrected chi connectivity index (χ1v) is 3.56. The molecule has 3 heteroatoms. The normalized spacial score (nSPS) is 26.6. The van der Waals surface area contributed by atoms with E-state index in [0.29, 0.717) is 4.48 Å². The summed E-state index contributed by atoms with van der Waals surface area (Å²) >= 11 is 0. The molecule has 1 aliphatic heterocycles. The van der Waals surface area contributed by atoms with Gasteiger partial charge in [0.2, 0.25) is 0 Å². The Balaban J connectivity index is 0.000001000. The van der Waals surface area contributed by atoms with Gasteiger partial charge in [0.25, 0.3) is 0 Å². The molecule has 62 valence electrons. The van der Waals surface area contributed by atoms with Gasteiger partial charge in [-0.25, -0.2) is 9.48 Å². The molecule has 2 nitrogen and oxygen atoms in total. The minimum Gasteiger partial charge on any atom is -1.00 e.